The third-order valence-corrected chi connectivity index (χ3v) is 5.03. The van der Waals surface area contributed by atoms with E-state index in [1.54, 1.807) is 6.07 Å². The Morgan fingerprint density at radius 1 is 1.17 bits per heavy atom. The van der Waals surface area contributed by atoms with Gasteiger partial charge in [0.05, 0.1) is 25.3 Å². The van der Waals surface area contributed by atoms with Crippen LogP contribution in [0.1, 0.15) is 22.7 Å². The largest absolute Gasteiger partial charge is 0.507 e. The Labute approximate surface area is 173 Å². The number of hydrogen-bond donors (Lipinski definition) is 2. The van der Waals surface area contributed by atoms with Crippen molar-refractivity contribution in [1.82, 2.24) is 4.90 Å². The Kier molecular flexibility index (Phi) is 6.07. The molecule has 0 saturated carbocycles. The van der Waals surface area contributed by atoms with Crippen LogP contribution in [0.25, 0.3) is 5.76 Å². The van der Waals surface area contributed by atoms with Crippen molar-refractivity contribution in [2.45, 2.75) is 13.0 Å². The number of ketones is 1. The number of aromatic hydroxyl groups is 1. The monoisotopic (exact) mass is 415 g/mol. The molecule has 2 aromatic carbocycles. The normalized spacial score (nSPS) is 18.1. The summed E-state index contributed by atoms with van der Waals surface area (Å²) in [6.07, 6.45) is 0. The van der Waals surface area contributed by atoms with Crippen molar-refractivity contribution in [2.24, 2.45) is 0 Å². The quantitative estimate of drug-likeness (QED) is 0.428. The van der Waals surface area contributed by atoms with Gasteiger partial charge >= 0.3 is 0 Å². The molecule has 30 heavy (non-hydrogen) atoms. The van der Waals surface area contributed by atoms with Crippen molar-refractivity contribution < 1.29 is 33.7 Å². The van der Waals surface area contributed by atoms with Crippen LogP contribution < -0.4 is 4.74 Å². The second-order valence-electron chi connectivity index (χ2n) is 6.88. The van der Waals surface area contributed by atoms with E-state index in [4.69, 9.17) is 9.47 Å². The van der Waals surface area contributed by atoms with E-state index in [0.29, 0.717) is 5.56 Å². The Hall–Kier alpha value is -3.39. The standard InChI is InChI=1S/C22H22FNO6/c1-12-10-14(4-6-15(12)23)20(26)18-19(13-5-7-17(30-3)16(25)11-13)24(8-9-29-2)22(28)21(18)27/h4-7,10-11,19,25-26H,8-9H2,1-3H3/b20-18-. The maximum atomic E-state index is 13.7. The van der Waals surface area contributed by atoms with Gasteiger partial charge in [-0.25, -0.2) is 4.39 Å². The number of hydrogen-bond acceptors (Lipinski definition) is 6. The van der Waals surface area contributed by atoms with Gasteiger partial charge in [-0.3, -0.25) is 9.59 Å². The van der Waals surface area contributed by atoms with E-state index >= 15 is 0 Å². The Bertz CT molecular complexity index is 1030. The van der Waals surface area contributed by atoms with Crippen LogP contribution in [0.15, 0.2) is 42.0 Å². The molecular weight excluding hydrogens is 393 g/mol. The molecule has 3 rings (SSSR count). The predicted octanol–water partition coefficient (Wildman–Crippen LogP) is 2.92. The third-order valence-electron chi connectivity index (χ3n) is 5.03. The molecule has 0 radical (unpaired) electrons. The summed E-state index contributed by atoms with van der Waals surface area (Å²) in [6, 6.07) is 7.43. The number of rotatable bonds is 6. The molecule has 8 heteroatoms. The predicted molar refractivity (Wildman–Crippen MR) is 107 cm³/mol. The molecule has 1 aliphatic heterocycles. The van der Waals surface area contributed by atoms with Gasteiger partial charge in [-0.2, -0.15) is 0 Å². The summed E-state index contributed by atoms with van der Waals surface area (Å²) in [5.74, 6) is -2.49. The molecule has 0 bridgehead atoms. The number of phenols is 1. The molecule has 1 heterocycles. The molecule has 1 atom stereocenters. The SMILES string of the molecule is COCCN1C(=O)C(=O)/C(=C(\O)c2ccc(F)c(C)c2)C1c1ccc(OC)c(O)c1. The highest BCUT2D eigenvalue weighted by Crippen LogP contribution is 2.41. The lowest BCUT2D eigenvalue weighted by molar-refractivity contribution is -0.140. The van der Waals surface area contributed by atoms with E-state index in [1.807, 2.05) is 0 Å². The summed E-state index contributed by atoms with van der Waals surface area (Å²) >= 11 is 0. The number of aliphatic hydroxyl groups is 1. The number of halogens is 1. The average Bonchev–Trinajstić information content (AvgIpc) is 2.98. The number of methoxy groups -OCH3 is 2. The molecule has 1 unspecified atom stereocenters. The van der Waals surface area contributed by atoms with Crippen LogP contribution in [0, 0.1) is 12.7 Å². The van der Waals surface area contributed by atoms with Gasteiger partial charge in [-0.05, 0) is 48.4 Å². The van der Waals surface area contributed by atoms with Gasteiger partial charge < -0.3 is 24.6 Å². The number of phenolic OH excluding ortho intramolecular Hbond substituents is 1. The van der Waals surface area contributed by atoms with Crippen molar-refractivity contribution in [1.29, 1.82) is 0 Å². The lowest BCUT2D eigenvalue weighted by Crippen LogP contribution is -2.32. The van der Waals surface area contributed by atoms with E-state index in [1.165, 1.54) is 56.4 Å². The number of aliphatic hydroxyl groups excluding tert-OH is 1. The summed E-state index contributed by atoms with van der Waals surface area (Å²) in [5, 5.41) is 21.1. The van der Waals surface area contributed by atoms with Crippen LogP contribution in [0.3, 0.4) is 0 Å². The van der Waals surface area contributed by atoms with Gasteiger partial charge in [0.2, 0.25) is 0 Å². The first-order valence-corrected chi connectivity index (χ1v) is 9.21. The van der Waals surface area contributed by atoms with Crippen LogP contribution >= 0.6 is 0 Å². The molecule has 1 saturated heterocycles. The number of carbonyl (C=O) groups is 2. The zero-order chi connectivity index (χ0) is 22.0. The Morgan fingerprint density at radius 3 is 2.50 bits per heavy atom. The summed E-state index contributed by atoms with van der Waals surface area (Å²) in [6.45, 7) is 1.79. The number of Topliss-reactive ketones (excluding diaryl/α,β-unsaturated/α-hetero) is 1. The fourth-order valence-electron chi connectivity index (χ4n) is 3.47. The molecule has 0 spiro atoms. The van der Waals surface area contributed by atoms with Crippen molar-refractivity contribution in [3.8, 4) is 11.5 Å². The fourth-order valence-corrected chi connectivity index (χ4v) is 3.47. The van der Waals surface area contributed by atoms with Crippen LogP contribution in [0.5, 0.6) is 11.5 Å². The molecule has 1 amide bonds. The van der Waals surface area contributed by atoms with Gasteiger partial charge in [0, 0.05) is 19.2 Å². The van der Waals surface area contributed by atoms with Crippen LogP contribution in [0.2, 0.25) is 0 Å². The minimum absolute atomic E-state index is 0.0950. The first-order chi connectivity index (χ1) is 14.3. The second kappa shape index (κ2) is 8.54. The maximum Gasteiger partial charge on any atom is 0.295 e. The number of aryl methyl sites for hydroxylation is 1. The summed E-state index contributed by atoms with van der Waals surface area (Å²) in [4.78, 5) is 26.8. The highest BCUT2D eigenvalue weighted by atomic mass is 19.1. The summed E-state index contributed by atoms with van der Waals surface area (Å²) in [5.41, 5.74) is 0.753. The number of amides is 1. The van der Waals surface area contributed by atoms with E-state index in [0.717, 1.165) is 0 Å². The van der Waals surface area contributed by atoms with Gasteiger partial charge in [0.1, 0.15) is 11.6 Å². The molecular formula is C22H22FNO6. The number of likely N-dealkylation sites (tertiary alicyclic amines) is 1. The zero-order valence-corrected chi connectivity index (χ0v) is 16.8. The number of carbonyl (C=O) groups excluding carboxylic acids is 2. The molecule has 158 valence electrons. The smallest absolute Gasteiger partial charge is 0.295 e. The van der Waals surface area contributed by atoms with E-state index < -0.39 is 29.3 Å². The Morgan fingerprint density at radius 2 is 1.90 bits per heavy atom. The van der Waals surface area contributed by atoms with Gasteiger partial charge in [0.15, 0.2) is 11.5 Å². The van der Waals surface area contributed by atoms with Crippen LogP contribution in [0.4, 0.5) is 4.39 Å². The molecule has 7 nitrogen and oxygen atoms in total. The van der Waals surface area contributed by atoms with E-state index in [9.17, 15) is 24.2 Å². The molecule has 1 fully saturated rings. The lowest BCUT2D eigenvalue weighted by Gasteiger charge is -2.25. The molecule has 0 aromatic heterocycles. The number of benzene rings is 2. The highest BCUT2D eigenvalue weighted by molar-refractivity contribution is 6.46. The topological polar surface area (TPSA) is 96.3 Å². The lowest BCUT2D eigenvalue weighted by atomic mass is 9.94. The van der Waals surface area contributed by atoms with Crippen LogP contribution in [-0.2, 0) is 14.3 Å². The summed E-state index contributed by atoms with van der Waals surface area (Å²) in [7, 11) is 2.86. The van der Waals surface area contributed by atoms with E-state index in [2.05, 4.69) is 0 Å². The minimum atomic E-state index is -0.956. The number of nitrogens with zero attached hydrogens (tertiary/aromatic N) is 1. The van der Waals surface area contributed by atoms with Crippen molar-refractivity contribution in [3.63, 3.8) is 0 Å². The minimum Gasteiger partial charge on any atom is -0.507 e. The number of ether oxygens (including phenoxy) is 2. The molecule has 0 aliphatic carbocycles. The van der Waals surface area contributed by atoms with Crippen molar-refractivity contribution in [2.75, 3.05) is 27.4 Å². The molecule has 2 N–H and O–H groups in total. The average molecular weight is 415 g/mol. The van der Waals surface area contributed by atoms with Gasteiger partial charge in [-0.15, -0.1) is 0 Å². The first kappa shape index (κ1) is 21.3. The van der Waals surface area contributed by atoms with Crippen molar-refractivity contribution >= 4 is 17.4 Å². The molecule has 2 aromatic rings. The molecule has 1 aliphatic rings. The zero-order valence-electron chi connectivity index (χ0n) is 16.8. The van der Waals surface area contributed by atoms with Gasteiger partial charge in [-0.1, -0.05) is 6.07 Å². The summed E-state index contributed by atoms with van der Waals surface area (Å²) < 4.78 is 23.8. The first-order valence-electron chi connectivity index (χ1n) is 9.21. The fraction of sp³-hybridized carbons (Fsp3) is 0.273. The third kappa shape index (κ3) is 3.73. The van der Waals surface area contributed by atoms with Crippen LogP contribution in [-0.4, -0.2) is 54.2 Å². The Balaban J connectivity index is 2.19. The van der Waals surface area contributed by atoms with E-state index in [-0.39, 0.29) is 41.4 Å². The second-order valence-corrected chi connectivity index (χ2v) is 6.88. The maximum absolute atomic E-state index is 13.7. The van der Waals surface area contributed by atoms with Gasteiger partial charge in [0.25, 0.3) is 11.7 Å². The highest BCUT2D eigenvalue weighted by Gasteiger charge is 2.46. The van der Waals surface area contributed by atoms with Crippen molar-refractivity contribution in [3.05, 3.63) is 64.5 Å².